The Hall–Kier alpha value is -3.29. The molecule has 0 saturated carbocycles. The minimum atomic E-state index is -0.711. The summed E-state index contributed by atoms with van der Waals surface area (Å²) in [5.41, 5.74) is 1.96. The number of rotatable bonds is 7. The highest BCUT2D eigenvalue weighted by molar-refractivity contribution is 5.81. The number of benzene rings is 1. The molecule has 3 aromatic rings. The third-order valence-corrected chi connectivity index (χ3v) is 6.85. The Morgan fingerprint density at radius 2 is 1.85 bits per heavy atom. The minimum absolute atomic E-state index is 0.00950. The van der Waals surface area contributed by atoms with Crippen LogP contribution in [0.4, 0.5) is 0 Å². The van der Waals surface area contributed by atoms with Crippen LogP contribution < -0.4 is 10.3 Å². The second-order valence-corrected chi connectivity index (χ2v) is 8.97. The van der Waals surface area contributed by atoms with Crippen molar-refractivity contribution in [3.05, 3.63) is 82.4 Å². The van der Waals surface area contributed by atoms with Gasteiger partial charge in [0.1, 0.15) is 17.9 Å². The van der Waals surface area contributed by atoms with Gasteiger partial charge >= 0.3 is 0 Å². The van der Waals surface area contributed by atoms with Crippen molar-refractivity contribution in [1.29, 1.82) is 0 Å². The van der Waals surface area contributed by atoms with Crippen LogP contribution in [0.15, 0.2) is 70.6 Å². The van der Waals surface area contributed by atoms with E-state index in [1.54, 1.807) is 10.6 Å². The van der Waals surface area contributed by atoms with Crippen LogP contribution in [0.25, 0.3) is 10.9 Å². The second kappa shape index (κ2) is 9.52. The summed E-state index contributed by atoms with van der Waals surface area (Å²) in [7, 11) is 2.17. The largest absolute Gasteiger partial charge is 0.492 e. The van der Waals surface area contributed by atoms with E-state index in [1.807, 2.05) is 49.7 Å². The number of hydrogen-bond acceptors (Lipinski definition) is 6. The number of piperazine rings is 1. The van der Waals surface area contributed by atoms with Crippen molar-refractivity contribution >= 4 is 17.1 Å². The molecule has 2 aliphatic rings. The summed E-state index contributed by atoms with van der Waals surface area (Å²) in [5.74, 6) is 0.852. The molecule has 1 aromatic carbocycles. The van der Waals surface area contributed by atoms with E-state index in [0.29, 0.717) is 13.2 Å². The molecule has 1 saturated heterocycles. The van der Waals surface area contributed by atoms with Crippen LogP contribution in [0.3, 0.4) is 0 Å². The molecule has 0 N–H and O–H groups in total. The smallest absolute Gasteiger partial charge is 0.251 e. The zero-order valence-corrected chi connectivity index (χ0v) is 19.9. The van der Waals surface area contributed by atoms with Gasteiger partial charge in [-0.3, -0.25) is 19.7 Å². The van der Waals surface area contributed by atoms with Gasteiger partial charge in [-0.1, -0.05) is 12.1 Å². The molecule has 0 amide bonds. The third-order valence-electron chi connectivity index (χ3n) is 6.85. The van der Waals surface area contributed by atoms with E-state index >= 15 is 0 Å². The van der Waals surface area contributed by atoms with E-state index in [0.717, 1.165) is 60.6 Å². The van der Waals surface area contributed by atoms with Crippen molar-refractivity contribution < 1.29 is 4.74 Å². The Morgan fingerprint density at radius 1 is 1.06 bits per heavy atom. The van der Waals surface area contributed by atoms with Crippen LogP contribution >= 0.6 is 0 Å². The maximum atomic E-state index is 12.4. The average molecular weight is 458 g/mol. The van der Waals surface area contributed by atoms with Gasteiger partial charge in [0.2, 0.25) is 0 Å². The van der Waals surface area contributed by atoms with E-state index in [9.17, 15) is 4.79 Å². The minimum Gasteiger partial charge on any atom is -0.492 e. The van der Waals surface area contributed by atoms with Gasteiger partial charge in [-0.05, 0) is 56.0 Å². The molecular formula is C27H31N5O2. The molecule has 2 aliphatic heterocycles. The topological polar surface area (TPSA) is 63.0 Å². The van der Waals surface area contributed by atoms with Crippen LogP contribution in [0.2, 0.25) is 0 Å². The summed E-state index contributed by atoms with van der Waals surface area (Å²) in [6, 6.07) is 13.5. The van der Waals surface area contributed by atoms with E-state index in [1.165, 1.54) is 0 Å². The monoisotopic (exact) mass is 457 g/mol. The van der Waals surface area contributed by atoms with Crippen molar-refractivity contribution in [1.82, 2.24) is 19.4 Å². The van der Waals surface area contributed by atoms with Crippen molar-refractivity contribution in [3.8, 4) is 5.75 Å². The Labute approximate surface area is 200 Å². The molecule has 7 heteroatoms. The van der Waals surface area contributed by atoms with E-state index in [-0.39, 0.29) is 5.56 Å². The second-order valence-electron chi connectivity index (χ2n) is 8.97. The lowest BCUT2D eigenvalue weighted by Gasteiger charge is -2.32. The van der Waals surface area contributed by atoms with Crippen LogP contribution in [0.1, 0.15) is 18.2 Å². The van der Waals surface area contributed by atoms with Gasteiger partial charge in [0.05, 0.1) is 11.2 Å². The third kappa shape index (κ3) is 4.29. The Kier molecular flexibility index (Phi) is 6.30. The first-order chi connectivity index (χ1) is 16.6. The molecule has 1 atom stereocenters. The number of hydrogen-bond donors (Lipinski definition) is 0. The predicted molar refractivity (Wildman–Crippen MR) is 136 cm³/mol. The van der Waals surface area contributed by atoms with Crippen molar-refractivity contribution in [3.63, 3.8) is 0 Å². The molecule has 1 unspecified atom stereocenters. The quantitative estimate of drug-likeness (QED) is 0.546. The Balaban J connectivity index is 1.36. The highest BCUT2D eigenvalue weighted by Gasteiger charge is 2.34. The summed E-state index contributed by atoms with van der Waals surface area (Å²) < 4.78 is 7.80. The van der Waals surface area contributed by atoms with Gasteiger partial charge in [-0.25, -0.2) is 0 Å². The van der Waals surface area contributed by atoms with E-state index in [4.69, 9.17) is 14.7 Å². The number of aliphatic imine (C=N–C) groups is 1. The lowest BCUT2D eigenvalue weighted by Crippen LogP contribution is -2.45. The average Bonchev–Trinajstić information content (AvgIpc) is 3.36. The summed E-state index contributed by atoms with van der Waals surface area (Å²) in [6.07, 6.45) is 7.64. The predicted octanol–water partition coefficient (Wildman–Crippen LogP) is 2.93. The van der Waals surface area contributed by atoms with Crippen LogP contribution in [0, 0.1) is 0 Å². The lowest BCUT2D eigenvalue weighted by molar-refractivity contribution is 0.133. The standard InChI is InChI=1S/C27H31N5O2/c1-3-32-24-19-25(28-20-21(24)5-10-26(32)33)27(11-4-12-29-27)22-6-8-23(9-7-22)34-18-17-31-15-13-30(2)14-16-31/h4-12,19-20H,3,13-18H2,1-2H3. The van der Waals surface area contributed by atoms with Crippen LogP contribution in [-0.4, -0.2) is 71.9 Å². The number of nitrogens with zero attached hydrogens (tertiary/aromatic N) is 5. The fourth-order valence-corrected chi connectivity index (χ4v) is 4.75. The highest BCUT2D eigenvalue weighted by Crippen LogP contribution is 2.38. The summed E-state index contributed by atoms with van der Waals surface area (Å²) in [5, 5.41) is 0.940. The van der Waals surface area contributed by atoms with Crippen molar-refractivity contribution in [2.75, 3.05) is 46.4 Å². The molecule has 5 rings (SSSR count). The first kappa shape index (κ1) is 22.5. The zero-order valence-electron chi connectivity index (χ0n) is 19.9. The van der Waals surface area contributed by atoms with E-state index < -0.39 is 5.54 Å². The molecule has 0 spiro atoms. The summed E-state index contributed by atoms with van der Waals surface area (Å²) in [4.78, 5) is 26.7. The number of aromatic nitrogens is 2. The summed E-state index contributed by atoms with van der Waals surface area (Å²) >= 11 is 0. The number of aryl methyl sites for hydroxylation is 1. The number of pyridine rings is 2. The molecule has 0 radical (unpaired) electrons. The SMILES string of the molecule is CCn1c(=O)ccc2cnc(C3(c4ccc(OCCN5CCN(C)CC5)cc4)C=CC=N3)cc21. The highest BCUT2D eigenvalue weighted by atomic mass is 16.5. The first-order valence-corrected chi connectivity index (χ1v) is 12.0. The van der Waals surface area contributed by atoms with Gasteiger partial charge < -0.3 is 14.2 Å². The molecule has 2 aromatic heterocycles. The Bertz CT molecular complexity index is 1260. The number of allylic oxidation sites excluding steroid dienone is 1. The van der Waals surface area contributed by atoms with Crippen molar-refractivity contribution in [2.45, 2.75) is 19.0 Å². The normalized spacial score (nSPS) is 20.9. The fraction of sp³-hybridized carbons (Fsp3) is 0.370. The van der Waals surface area contributed by atoms with Crippen molar-refractivity contribution in [2.24, 2.45) is 4.99 Å². The maximum absolute atomic E-state index is 12.4. The molecule has 34 heavy (non-hydrogen) atoms. The first-order valence-electron chi connectivity index (χ1n) is 12.0. The number of ether oxygens (including phenoxy) is 1. The van der Waals surface area contributed by atoms with Gasteiger partial charge in [0.15, 0.2) is 0 Å². The van der Waals surface area contributed by atoms with Gasteiger partial charge in [-0.15, -0.1) is 0 Å². The molecule has 0 aliphatic carbocycles. The fourth-order valence-electron chi connectivity index (χ4n) is 4.75. The Morgan fingerprint density at radius 3 is 2.56 bits per heavy atom. The molecular weight excluding hydrogens is 426 g/mol. The van der Waals surface area contributed by atoms with Gasteiger partial charge in [0, 0.05) is 63.1 Å². The lowest BCUT2D eigenvalue weighted by atomic mass is 9.87. The summed E-state index contributed by atoms with van der Waals surface area (Å²) in [6.45, 7) is 8.61. The molecule has 1 fully saturated rings. The number of likely N-dealkylation sites (N-methyl/N-ethyl adjacent to an activating group) is 1. The van der Waals surface area contributed by atoms with E-state index in [2.05, 4.69) is 35.1 Å². The molecule has 176 valence electrons. The molecule has 7 nitrogen and oxygen atoms in total. The van der Waals surface area contributed by atoms with Gasteiger partial charge in [-0.2, -0.15) is 0 Å². The maximum Gasteiger partial charge on any atom is 0.251 e. The van der Waals surface area contributed by atoms with Crippen LogP contribution in [0.5, 0.6) is 5.75 Å². The molecule has 0 bridgehead atoms. The molecule has 4 heterocycles. The van der Waals surface area contributed by atoms with Gasteiger partial charge in [0.25, 0.3) is 5.56 Å². The number of fused-ring (bicyclic) bond motifs is 1. The van der Waals surface area contributed by atoms with Crippen LogP contribution in [-0.2, 0) is 12.1 Å². The zero-order chi connectivity index (χ0) is 23.5.